The Bertz CT molecular complexity index is 395. The summed E-state index contributed by atoms with van der Waals surface area (Å²) in [4.78, 5) is 9.98. The molecular formula is C8H7BrFNO3. The van der Waals surface area contributed by atoms with Gasteiger partial charge in [0.1, 0.15) is 5.82 Å². The van der Waals surface area contributed by atoms with Crippen molar-refractivity contribution in [1.29, 1.82) is 0 Å². The second-order valence-electron chi connectivity index (χ2n) is 2.60. The summed E-state index contributed by atoms with van der Waals surface area (Å²) in [5, 5.41) is 10.6. The van der Waals surface area contributed by atoms with Crippen molar-refractivity contribution in [3.05, 3.63) is 32.0 Å². The third-order valence-electron chi connectivity index (χ3n) is 1.79. The van der Waals surface area contributed by atoms with Crippen molar-refractivity contribution in [3.8, 4) is 5.75 Å². The van der Waals surface area contributed by atoms with Crippen LogP contribution in [-0.4, -0.2) is 12.0 Å². The molecule has 0 aliphatic heterocycles. The second-order valence-corrected chi connectivity index (χ2v) is 3.46. The maximum absolute atomic E-state index is 13.1. The smallest absolute Gasteiger partial charge is 0.317 e. The molecule has 1 rings (SSSR count). The number of hydrogen-bond donors (Lipinski definition) is 0. The van der Waals surface area contributed by atoms with Crippen LogP contribution in [0.25, 0.3) is 0 Å². The highest BCUT2D eigenvalue weighted by Gasteiger charge is 2.24. The number of nitro benzene ring substituents is 1. The first-order valence-corrected chi connectivity index (χ1v) is 4.45. The van der Waals surface area contributed by atoms with Crippen molar-refractivity contribution in [2.75, 3.05) is 7.11 Å². The normalized spacial score (nSPS) is 10.0. The maximum atomic E-state index is 13.1. The molecule has 14 heavy (non-hydrogen) atoms. The van der Waals surface area contributed by atoms with Gasteiger partial charge in [0.25, 0.3) is 0 Å². The number of nitro groups is 1. The molecule has 0 radical (unpaired) electrons. The summed E-state index contributed by atoms with van der Waals surface area (Å²) < 4.78 is 18.2. The lowest BCUT2D eigenvalue weighted by molar-refractivity contribution is -0.386. The molecule has 6 heteroatoms. The number of benzene rings is 1. The molecule has 0 aliphatic rings. The van der Waals surface area contributed by atoms with E-state index in [0.29, 0.717) is 0 Å². The fourth-order valence-corrected chi connectivity index (χ4v) is 1.65. The van der Waals surface area contributed by atoms with Gasteiger partial charge in [0, 0.05) is 0 Å². The molecule has 0 saturated heterocycles. The number of ether oxygens (including phenoxy) is 1. The molecule has 0 N–H and O–H groups in total. The van der Waals surface area contributed by atoms with E-state index in [9.17, 15) is 14.5 Å². The highest BCUT2D eigenvalue weighted by molar-refractivity contribution is 9.10. The van der Waals surface area contributed by atoms with E-state index in [1.54, 1.807) is 0 Å². The standard InChI is InChI=1S/C8H7BrFNO3/c1-4-6(10)3-5(9)8(14-2)7(4)11(12)13/h3H,1-2H3. The van der Waals surface area contributed by atoms with E-state index < -0.39 is 10.7 Å². The zero-order valence-corrected chi connectivity index (χ0v) is 9.09. The van der Waals surface area contributed by atoms with Gasteiger partial charge in [0.05, 0.1) is 22.1 Å². The van der Waals surface area contributed by atoms with E-state index in [2.05, 4.69) is 15.9 Å². The lowest BCUT2D eigenvalue weighted by Crippen LogP contribution is -1.99. The van der Waals surface area contributed by atoms with Gasteiger partial charge < -0.3 is 4.74 Å². The first-order valence-electron chi connectivity index (χ1n) is 3.66. The Morgan fingerprint density at radius 2 is 2.21 bits per heavy atom. The van der Waals surface area contributed by atoms with Crippen molar-refractivity contribution in [3.63, 3.8) is 0 Å². The minimum Gasteiger partial charge on any atom is -0.489 e. The monoisotopic (exact) mass is 263 g/mol. The molecule has 0 bridgehead atoms. The van der Waals surface area contributed by atoms with Crippen molar-refractivity contribution < 1.29 is 14.1 Å². The molecule has 0 saturated carbocycles. The molecule has 1 aromatic carbocycles. The molecule has 0 unspecified atom stereocenters. The van der Waals surface area contributed by atoms with E-state index >= 15 is 0 Å². The Kier molecular flexibility index (Phi) is 3.05. The van der Waals surface area contributed by atoms with Gasteiger partial charge in [0.15, 0.2) is 0 Å². The summed E-state index contributed by atoms with van der Waals surface area (Å²) in [6.45, 7) is 1.34. The van der Waals surface area contributed by atoms with Crippen LogP contribution in [0.3, 0.4) is 0 Å². The average Bonchev–Trinajstić information content (AvgIpc) is 2.10. The van der Waals surface area contributed by atoms with Crippen LogP contribution in [0.2, 0.25) is 0 Å². The lowest BCUT2D eigenvalue weighted by atomic mass is 10.2. The van der Waals surface area contributed by atoms with Crippen LogP contribution in [-0.2, 0) is 0 Å². The molecule has 0 atom stereocenters. The van der Waals surface area contributed by atoms with Gasteiger partial charge in [-0.05, 0) is 28.9 Å². The van der Waals surface area contributed by atoms with E-state index in [1.807, 2.05) is 0 Å². The number of halogens is 2. The summed E-state index contributed by atoms with van der Waals surface area (Å²) >= 11 is 2.99. The summed E-state index contributed by atoms with van der Waals surface area (Å²) in [5.41, 5.74) is -0.380. The van der Waals surface area contributed by atoms with Crippen molar-refractivity contribution in [2.24, 2.45) is 0 Å². The van der Waals surface area contributed by atoms with E-state index in [1.165, 1.54) is 14.0 Å². The minimum atomic E-state index is -0.665. The predicted molar refractivity (Wildman–Crippen MR) is 52.0 cm³/mol. The SMILES string of the molecule is COc1c(Br)cc(F)c(C)c1[N+](=O)[O-]. The van der Waals surface area contributed by atoms with Gasteiger partial charge in [-0.1, -0.05) is 0 Å². The van der Waals surface area contributed by atoms with Gasteiger partial charge in [-0.2, -0.15) is 0 Å². The van der Waals surface area contributed by atoms with Crippen molar-refractivity contribution in [2.45, 2.75) is 6.92 Å². The number of methoxy groups -OCH3 is 1. The fraction of sp³-hybridized carbons (Fsp3) is 0.250. The molecule has 0 aliphatic carbocycles. The Morgan fingerprint density at radius 1 is 1.64 bits per heavy atom. The minimum absolute atomic E-state index is 0.0324. The Labute approximate surface area is 88.0 Å². The van der Waals surface area contributed by atoms with E-state index in [-0.39, 0.29) is 21.5 Å². The summed E-state index contributed by atoms with van der Waals surface area (Å²) in [6, 6.07) is 1.14. The largest absolute Gasteiger partial charge is 0.489 e. The van der Waals surface area contributed by atoms with Gasteiger partial charge in [0.2, 0.25) is 5.75 Å². The third-order valence-corrected chi connectivity index (χ3v) is 2.37. The van der Waals surface area contributed by atoms with Crippen LogP contribution in [0, 0.1) is 22.9 Å². The van der Waals surface area contributed by atoms with Crippen LogP contribution in [0.4, 0.5) is 10.1 Å². The molecule has 0 aromatic heterocycles. The highest BCUT2D eigenvalue weighted by atomic mass is 79.9. The Hall–Kier alpha value is -1.17. The topological polar surface area (TPSA) is 52.4 Å². The van der Waals surface area contributed by atoms with Gasteiger partial charge in [-0.25, -0.2) is 4.39 Å². The first-order chi connectivity index (χ1) is 6.49. The summed E-state index contributed by atoms with van der Waals surface area (Å²) in [6.07, 6.45) is 0. The molecule has 0 spiro atoms. The Balaban J connectivity index is 3.56. The summed E-state index contributed by atoms with van der Waals surface area (Å²) in [7, 11) is 1.30. The predicted octanol–water partition coefficient (Wildman–Crippen LogP) is 2.81. The van der Waals surface area contributed by atoms with Crippen LogP contribution >= 0.6 is 15.9 Å². The number of nitrogens with zero attached hydrogens (tertiary/aromatic N) is 1. The van der Waals surface area contributed by atoms with Crippen LogP contribution < -0.4 is 4.74 Å². The molecule has 4 nitrogen and oxygen atoms in total. The zero-order chi connectivity index (χ0) is 10.9. The first kappa shape index (κ1) is 10.9. The molecule has 0 fully saturated rings. The molecule has 1 aromatic rings. The molecular weight excluding hydrogens is 257 g/mol. The maximum Gasteiger partial charge on any atom is 0.317 e. The third kappa shape index (κ3) is 1.70. The second kappa shape index (κ2) is 3.91. The van der Waals surface area contributed by atoms with Crippen molar-refractivity contribution in [1.82, 2.24) is 0 Å². The van der Waals surface area contributed by atoms with E-state index in [0.717, 1.165) is 6.07 Å². The fourth-order valence-electron chi connectivity index (χ4n) is 1.10. The number of hydrogen-bond acceptors (Lipinski definition) is 3. The van der Waals surface area contributed by atoms with Gasteiger partial charge >= 0.3 is 5.69 Å². The number of rotatable bonds is 2. The highest BCUT2D eigenvalue weighted by Crippen LogP contribution is 2.38. The van der Waals surface area contributed by atoms with Crippen LogP contribution in [0.1, 0.15) is 5.56 Å². The molecule has 76 valence electrons. The zero-order valence-electron chi connectivity index (χ0n) is 7.51. The van der Waals surface area contributed by atoms with Crippen LogP contribution in [0.5, 0.6) is 5.75 Å². The van der Waals surface area contributed by atoms with Crippen molar-refractivity contribution >= 4 is 21.6 Å². The quantitative estimate of drug-likeness (QED) is 0.609. The average molecular weight is 264 g/mol. The Morgan fingerprint density at radius 3 is 2.64 bits per heavy atom. The summed E-state index contributed by atoms with van der Waals surface area (Å²) in [5.74, 6) is -0.599. The lowest BCUT2D eigenvalue weighted by Gasteiger charge is -2.06. The molecule has 0 heterocycles. The molecule has 0 amide bonds. The van der Waals surface area contributed by atoms with Gasteiger partial charge in [-0.3, -0.25) is 10.1 Å². The van der Waals surface area contributed by atoms with E-state index in [4.69, 9.17) is 4.74 Å². The van der Waals surface area contributed by atoms with Gasteiger partial charge in [-0.15, -0.1) is 0 Å². The van der Waals surface area contributed by atoms with Crippen LogP contribution in [0.15, 0.2) is 10.5 Å².